The second-order valence-corrected chi connectivity index (χ2v) is 10.7. The molecule has 1 aliphatic carbocycles. The van der Waals surface area contributed by atoms with Crippen LogP contribution in [-0.2, 0) is 0 Å². The lowest BCUT2D eigenvalue weighted by molar-refractivity contribution is 0.173. The molecule has 0 radical (unpaired) electrons. The zero-order chi connectivity index (χ0) is 21.5. The molecule has 30 heavy (non-hydrogen) atoms. The van der Waals surface area contributed by atoms with Gasteiger partial charge in [-0.25, -0.2) is 15.0 Å². The van der Waals surface area contributed by atoms with Crippen LogP contribution in [0.3, 0.4) is 0 Å². The molecule has 4 rings (SSSR count). The Kier molecular flexibility index (Phi) is 5.71. The minimum atomic E-state index is 0.396. The van der Waals surface area contributed by atoms with E-state index in [1.165, 1.54) is 36.8 Å². The summed E-state index contributed by atoms with van der Waals surface area (Å²) in [6.07, 6.45) is 4.91. The first kappa shape index (κ1) is 21.0. The molecule has 6 heteroatoms. The molecule has 0 spiro atoms. The van der Waals surface area contributed by atoms with Crippen LogP contribution in [0.25, 0.3) is 10.3 Å². The predicted molar refractivity (Wildman–Crippen MR) is 128 cm³/mol. The van der Waals surface area contributed by atoms with Gasteiger partial charge in [-0.15, -0.1) is 0 Å². The van der Waals surface area contributed by atoms with Gasteiger partial charge in [0.15, 0.2) is 15.8 Å². The molecule has 0 bridgehead atoms. The molecule has 3 aromatic rings. The molecule has 1 aliphatic rings. The van der Waals surface area contributed by atoms with Gasteiger partial charge in [-0.1, -0.05) is 50.3 Å². The lowest BCUT2D eigenvalue weighted by atomic mass is 9.71. The van der Waals surface area contributed by atoms with Crippen LogP contribution in [0.4, 0.5) is 16.6 Å². The third kappa shape index (κ3) is 4.43. The average Bonchev–Trinajstić information content (AvgIpc) is 3.07. The molecule has 0 saturated heterocycles. The number of thiazole rings is 1. The molecule has 1 aromatic carbocycles. The number of hydrogen-bond donors (Lipinski definition) is 2. The normalized spacial score (nSPS) is 19.8. The molecule has 2 heterocycles. The maximum absolute atomic E-state index is 4.87. The summed E-state index contributed by atoms with van der Waals surface area (Å²) in [5.41, 5.74) is 4.82. The Bertz CT molecular complexity index is 1020. The summed E-state index contributed by atoms with van der Waals surface area (Å²) in [6.45, 7) is 13.3. The summed E-state index contributed by atoms with van der Waals surface area (Å²) in [7, 11) is 0. The first-order chi connectivity index (χ1) is 14.2. The van der Waals surface area contributed by atoms with Gasteiger partial charge < -0.3 is 10.6 Å². The van der Waals surface area contributed by atoms with Crippen LogP contribution in [0, 0.1) is 32.1 Å². The van der Waals surface area contributed by atoms with E-state index in [1.54, 1.807) is 11.3 Å². The number of hydrogen-bond acceptors (Lipinski definition) is 6. The molecule has 0 amide bonds. The highest BCUT2D eigenvalue weighted by Gasteiger charge is 2.30. The zero-order valence-electron chi connectivity index (χ0n) is 19.0. The van der Waals surface area contributed by atoms with E-state index < -0.39 is 0 Å². The molecule has 5 nitrogen and oxygen atoms in total. The van der Waals surface area contributed by atoms with Gasteiger partial charge in [0, 0.05) is 11.7 Å². The largest absolute Gasteiger partial charge is 0.365 e. The van der Waals surface area contributed by atoms with Crippen LogP contribution in [0.2, 0.25) is 0 Å². The van der Waals surface area contributed by atoms with Crippen LogP contribution < -0.4 is 10.6 Å². The average molecular weight is 424 g/mol. The Morgan fingerprint density at radius 2 is 1.60 bits per heavy atom. The highest BCUT2D eigenvalue weighted by molar-refractivity contribution is 7.21. The van der Waals surface area contributed by atoms with Crippen molar-refractivity contribution in [2.75, 3.05) is 10.6 Å². The fourth-order valence-electron chi connectivity index (χ4n) is 4.50. The van der Waals surface area contributed by atoms with E-state index in [0.717, 1.165) is 38.7 Å². The van der Waals surface area contributed by atoms with Gasteiger partial charge >= 0.3 is 0 Å². The highest BCUT2D eigenvalue weighted by Crippen LogP contribution is 2.39. The van der Waals surface area contributed by atoms with Crippen LogP contribution in [0.1, 0.15) is 63.4 Å². The van der Waals surface area contributed by atoms with Gasteiger partial charge in [0.1, 0.15) is 11.3 Å². The third-order valence-electron chi connectivity index (χ3n) is 6.38. The Hall–Kier alpha value is -2.21. The number of para-hydroxylation sites is 1. The molecular weight excluding hydrogens is 390 g/mol. The molecule has 0 unspecified atom stereocenters. The molecule has 2 N–H and O–H groups in total. The number of nitrogens with one attached hydrogen (secondary N) is 2. The van der Waals surface area contributed by atoms with E-state index in [2.05, 4.69) is 68.4 Å². The monoisotopic (exact) mass is 423 g/mol. The van der Waals surface area contributed by atoms with E-state index in [4.69, 9.17) is 9.97 Å². The van der Waals surface area contributed by atoms with E-state index in [-0.39, 0.29) is 0 Å². The van der Waals surface area contributed by atoms with Crippen molar-refractivity contribution in [3.63, 3.8) is 0 Å². The van der Waals surface area contributed by atoms with Crippen molar-refractivity contribution in [2.45, 2.75) is 73.3 Å². The second-order valence-electron chi connectivity index (χ2n) is 9.74. The molecular formula is C24H33N5S. The lowest BCUT2D eigenvalue weighted by Crippen LogP contribution is -2.31. The first-order valence-electron chi connectivity index (χ1n) is 11.0. The molecule has 160 valence electrons. The number of aromatic nitrogens is 3. The van der Waals surface area contributed by atoms with Crippen molar-refractivity contribution in [1.82, 2.24) is 15.0 Å². The van der Waals surface area contributed by atoms with Crippen molar-refractivity contribution in [3.8, 4) is 0 Å². The van der Waals surface area contributed by atoms with Crippen LogP contribution in [0.15, 0.2) is 18.2 Å². The van der Waals surface area contributed by atoms with Crippen molar-refractivity contribution in [2.24, 2.45) is 11.3 Å². The lowest BCUT2D eigenvalue weighted by Gasteiger charge is -2.37. The Labute approximate surface area is 183 Å². The van der Waals surface area contributed by atoms with Gasteiger partial charge in [0.2, 0.25) is 0 Å². The summed E-state index contributed by atoms with van der Waals surface area (Å²) in [6, 6.07) is 6.78. The van der Waals surface area contributed by atoms with Crippen molar-refractivity contribution < 1.29 is 0 Å². The SMILES string of the molecule is Cc1nc(NC2CCC(C(C)(C)C)CC2)c2nc(Nc3c(C)cccc3C)sc2n1. The Balaban J connectivity index is 1.56. The van der Waals surface area contributed by atoms with Crippen LogP contribution in [0.5, 0.6) is 0 Å². The zero-order valence-corrected chi connectivity index (χ0v) is 19.8. The van der Waals surface area contributed by atoms with E-state index in [0.29, 0.717) is 11.5 Å². The fraction of sp³-hybridized carbons (Fsp3) is 0.542. The minimum absolute atomic E-state index is 0.396. The fourth-order valence-corrected chi connectivity index (χ4v) is 5.39. The summed E-state index contributed by atoms with van der Waals surface area (Å²) >= 11 is 1.59. The van der Waals surface area contributed by atoms with E-state index >= 15 is 0 Å². The number of fused-ring (bicyclic) bond motifs is 1. The van der Waals surface area contributed by atoms with Gasteiger partial charge in [0.25, 0.3) is 0 Å². The van der Waals surface area contributed by atoms with Crippen LogP contribution >= 0.6 is 11.3 Å². The van der Waals surface area contributed by atoms with Gasteiger partial charge in [0.05, 0.1) is 0 Å². The second kappa shape index (κ2) is 8.14. The summed E-state index contributed by atoms with van der Waals surface area (Å²) in [4.78, 5) is 15.2. The molecule has 1 saturated carbocycles. The topological polar surface area (TPSA) is 62.7 Å². The standard InChI is InChI=1S/C24H33N5S/c1-14-8-7-9-15(2)19(14)28-23-29-20-21(25-16(3)26-22(20)30-23)27-18-12-10-17(11-13-18)24(4,5)6/h7-9,17-18H,10-13H2,1-6H3,(H,28,29)(H,25,26,27). The molecule has 1 fully saturated rings. The van der Waals surface area contributed by atoms with E-state index in [9.17, 15) is 0 Å². The van der Waals surface area contributed by atoms with E-state index in [1.807, 2.05) is 6.92 Å². The van der Waals surface area contributed by atoms with Crippen molar-refractivity contribution >= 4 is 38.3 Å². The maximum Gasteiger partial charge on any atom is 0.189 e. The number of anilines is 3. The van der Waals surface area contributed by atoms with Gasteiger partial charge in [-0.05, 0) is 68.9 Å². The van der Waals surface area contributed by atoms with Crippen molar-refractivity contribution in [1.29, 1.82) is 0 Å². The molecule has 2 aromatic heterocycles. The number of nitrogens with zero attached hydrogens (tertiary/aromatic N) is 3. The molecule has 0 atom stereocenters. The number of rotatable bonds is 4. The Morgan fingerprint density at radius 3 is 2.23 bits per heavy atom. The van der Waals surface area contributed by atoms with Crippen LogP contribution in [-0.4, -0.2) is 21.0 Å². The Morgan fingerprint density at radius 1 is 0.933 bits per heavy atom. The summed E-state index contributed by atoms with van der Waals surface area (Å²) in [5, 5.41) is 8.08. The predicted octanol–water partition coefficient (Wildman–Crippen LogP) is 6.77. The number of benzene rings is 1. The number of aryl methyl sites for hydroxylation is 3. The van der Waals surface area contributed by atoms with Gasteiger partial charge in [-0.3, -0.25) is 0 Å². The first-order valence-corrected chi connectivity index (χ1v) is 11.8. The van der Waals surface area contributed by atoms with Gasteiger partial charge in [-0.2, -0.15) is 0 Å². The quantitative estimate of drug-likeness (QED) is 0.485. The summed E-state index contributed by atoms with van der Waals surface area (Å²) < 4.78 is 0. The van der Waals surface area contributed by atoms with Crippen molar-refractivity contribution in [3.05, 3.63) is 35.2 Å². The highest BCUT2D eigenvalue weighted by atomic mass is 32.1. The minimum Gasteiger partial charge on any atom is -0.365 e. The maximum atomic E-state index is 4.87. The molecule has 0 aliphatic heterocycles. The third-order valence-corrected chi connectivity index (χ3v) is 7.24. The summed E-state index contributed by atoms with van der Waals surface area (Å²) in [5.74, 6) is 2.47. The smallest absolute Gasteiger partial charge is 0.189 e.